The summed E-state index contributed by atoms with van der Waals surface area (Å²) in [6.07, 6.45) is 1.69. The van der Waals surface area contributed by atoms with Crippen LogP contribution in [0.25, 0.3) is 0 Å². The maximum Gasteiger partial charge on any atom is 0.198 e. The van der Waals surface area contributed by atoms with Crippen LogP contribution in [0.3, 0.4) is 0 Å². The average Bonchev–Trinajstić information content (AvgIpc) is 1.89. The molecule has 0 aromatic rings. The fraction of sp³-hybridized carbons (Fsp3) is 0.667. The lowest BCUT2D eigenvalue weighted by Crippen LogP contribution is -2.21. The molecule has 1 N–H and O–H groups in total. The van der Waals surface area contributed by atoms with E-state index in [1.807, 2.05) is 6.07 Å². The van der Waals surface area contributed by atoms with Gasteiger partial charge in [-0.3, -0.25) is 5.41 Å². The molecule has 1 fully saturated rings. The van der Waals surface area contributed by atoms with Crippen LogP contribution < -0.4 is 0 Å². The molecule has 3 heteroatoms. The van der Waals surface area contributed by atoms with E-state index in [0.717, 1.165) is 12.8 Å². The first-order chi connectivity index (χ1) is 4.34. The molecule has 0 amide bonds. The smallest absolute Gasteiger partial charge is 0.198 e. The molecule has 0 aromatic carbocycles. The molecule has 3 nitrogen and oxygen atoms in total. The minimum absolute atomic E-state index is 0.142. The summed E-state index contributed by atoms with van der Waals surface area (Å²) in [5.74, 6) is -0.137. The molecule has 0 bridgehead atoms. The van der Waals surface area contributed by atoms with Crippen LogP contribution >= 0.6 is 0 Å². The van der Waals surface area contributed by atoms with Gasteiger partial charge in [-0.1, -0.05) is 0 Å². The minimum atomic E-state index is -0.279. The van der Waals surface area contributed by atoms with E-state index in [4.69, 9.17) is 15.4 Å². The van der Waals surface area contributed by atoms with Crippen LogP contribution in [0.1, 0.15) is 12.8 Å². The predicted octanol–water partition coefficient (Wildman–Crippen LogP) is 0.914. The molecule has 1 unspecified atom stereocenters. The van der Waals surface area contributed by atoms with Crippen LogP contribution in [0.4, 0.5) is 0 Å². The number of hydrogen-bond acceptors (Lipinski definition) is 3. The number of nitrogens with one attached hydrogen (secondary N) is 1. The first-order valence-electron chi connectivity index (χ1n) is 2.95. The Kier molecular flexibility index (Phi) is 1.69. The van der Waals surface area contributed by atoms with Crippen LogP contribution in [-0.2, 0) is 4.74 Å². The van der Waals surface area contributed by atoms with Crippen molar-refractivity contribution in [3.8, 4) is 6.07 Å². The highest BCUT2D eigenvalue weighted by atomic mass is 16.5. The Morgan fingerprint density at radius 2 is 2.56 bits per heavy atom. The third-order valence-corrected chi connectivity index (χ3v) is 1.37. The first kappa shape index (κ1) is 6.09. The summed E-state index contributed by atoms with van der Waals surface area (Å²) in [7, 11) is 0. The fourth-order valence-electron chi connectivity index (χ4n) is 0.824. The number of hydrogen-bond donors (Lipinski definition) is 1. The summed E-state index contributed by atoms with van der Waals surface area (Å²) in [4.78, 5) is 0. The Morgan fingerprint density at radius 3 is 3.00 bits per heavy atom. The van der Waals surface area contributed by atoms with Crippen molar-refractivity contribution in [3.63, 3.8) is 0 Å². The summed E-state index contributed by atoms with van der Waals surface area (Å²) >= 11 is 0. The molecule has 1 aliphatic rings. The lowest BCUT2D eigenvalue weighted by atomic mass is 10.0. The molecular formula is C6H8N2O. The standard InChI is InChI=1S/C6H8N2O/c7-4-5-2-1-3-9-6(5)8/h5,8H,1-3H2. The maximum atomic E-state index is 8.39. The van der Waals surface area contributed by atoms with Gasteiger partial charge in [0.1, 0.15) is 5.92 Å². The van der Waals surface area contributed by atoms with E-state index in [0.29, 0.717) is 6.61 Å². The van der Waals surface area contributed by atoms with Crippen molar-refractivity contribution in [1.82, 2.24) is 0 Å². The van der Waals surface area contributed by atoms with Gasteiger partial charge < -0.3 is 4.74 Å². The quantitative estimate of drug-likeness (QED) is 0.521. The zero-order valence-electron chi connectivity index (χ0n) is 5.05. The van der Waals surface area contributed by atoms with E-state index in [2.05, 4.69) is 0 Å². The monoisotopic (exact) mass is 124 g/mol. The summed E-state index contributed by atoms with van der Waals surface area (Å²) in [6.45, 7) is 0.608. The van der Waals surface area contributed by atoms with E-state index in [-0.39, 0.29) is 11.8 Å². The Labute approximate surface area is 53.7 Å². The van der Waals surface area contributed by atoms with Crippen molar-refractivity contribution in [1.29, 1.82) is 10.7 Å². The van der Waals surface area contributed by atoms with E-state index in [9.17, 15) is 0 Å². The molecule has 1 atom stereocenters. The molecule has 1 saturated heterocycles. The average molecular weight is 124 g/mol. The lowest BCUT2D eigenvalue weighted by Gasteiger charge is -2.16. The normalized spacial score (nSPS) is 26.6. The van der Waals surface area contributed by atoms with Crippen LogP contribution in [0, 0.1) is 22.7 Å². The number of ether oxygens (including phenoxy) is 1. The molecule has 1 heterocycles. The van der Waals surface area contributed by atoms with E-state index >= 15 is 0 Å². The molecular weight excluding hydrogens is 116 g/mol. The second-order valence-electron chi connectivity index (χ2n) is 2.04. The van der Waals surface area contributed by atoms with Crippen molar-refractivity contribution in [2.75, 3.05) is 6.61 Å². The fourth-order valence-corrected chi connectivity index (χ4v) is 0.824. The van der Waals surface area contributed by atoms with Crippen LogP contribution in [0.5, 0.6) is 0 Å². The maximum absolute atomic E-state index is 8.39. The Hall–Kier alpha value is -1.04. The Bertz CT molecular complexity index is 159. The summed E-state index contributed by atoms with van der Waals surface area (Å²) < 4.78 is 4.84. The third-order valence-electron chi connectivity index (χ3n) is 1.37. The van der Waals surface area contributed by atoms with Gasteiger partial charge in [0.2, 0.25) is 0 Å². The van der Waals surface area contributed by atoms with Crippen molar-refractivity contribution in [2.45, 2.75) is 12.8 Å². The molecule has 9 heavy (non-hydrogen) atoms. The number of rotatable bonds is 0. The molecule has 0 aliphatic carbocycles. The molecule has 0 aromatic heterocycles. The minimum Gasteiger partial charge on any atom is -0.480 e. The number of nitrogens with zero attached hydrogens (tertiary/aromatic N) is 1. The second-order valence-corrected chi connectivity index (χ2v) is 2.04. The van der Waals surface area contributed by atoms with Gasteiger partial charge in [-0.15, -0.1) is 0 Å². The molecule has 1 rings (SSSR count). The molecule has 0 radical (unpaired) electrons. The largest absolute Gasteiger partial charge is 0.480 e. The van der Waals surface area contributed by atoms with Crippen LogP contribution in [0.15, 0.2) is 0 Å². The highest BCUT2D eigenvalue weighted by molar-refractivity contribution is 5.78. The zero-order valence-corrected chi connectivity index (χ0v) is 5.05. The van der Waals surface area contributed by atoms with Crippen molar-refractivity contribution < 1.29 is 4.74 Å². The van der Waals surface area contributed by atoms with Gasteiger partial charge in [0.15, 0.2) is 5.90 Å². The SMILES string of the molecule is N#CC1CCCOC1=N. The van der Waals surface area contributed by atoms with Gasteiger partial charge in [0.25, 0.3) is 0 Å². The molecule has 1 aliphatic heterocycles. The van der Waals surface area contributed by atoms with E-state index in [1.54, 1.807) is 0 Å². The predicted molar refractivity (Wildman–Crippen MR) is 32.0 cm³/mol. The lowest BCUT2D eigenvalue weighted by molar-refractivity contribution is 0.241. The van der Waals surface area contributed by atoms with Crippen molar-refractivity contribution >= 4 is 5.90 Å². The second kappa shape index (κ2) is 2.49. The Balaban J connectivity index is 2.51. The van der Waals surface area contributed by atoms with Crippen LogP contribution in [0.2, 0.25) is 0 Å². The molecule has 0 spiro atoms. The van der Waals surface area contributed by atoms with Crippen LogP contribution in [-0.4, -0.2) is 12.5 Å². The summed E-state index contributed by atoms with van der Waals surface area (Å²) in [5.41, 5.74) is 0. The highest BCUT2D eigenvalue weighted by Crippen LogP contribution is 2.13. The van der Waals surface area contributed by atoms with Gasteiger partial charge in [-0.05, 0) is 12.8 Å². The van der Waals surface area contributed by atoms with E-state index < -0.39 is 0 Å². The molecule has 48 valence electrons. The van der Waals surface area contributed by atoms with Gasteiger partial charge in [0.05, 0.1) is 12.7 Å². The van der Waals surface area contributed by atoms with Crippen molar-refractivity contribution in [3.05, 3.63) is 0 Å². The molecule has 0 saturated carbocycles. The van der Waals surface area contributed by atoms with E-state index in [1.165, 1.54) is 0 Å². The highest BCUT2D eigenvalue weighted by Gasteiger charge is 2.19. The zero-order chi connectivity index (χ0) is 6.69. The number of nitriles is 1. The van der Waals surface area contributed by atoms with Gasteiger partial charge in [-0.25, -0.2) is 0 Å². The first-order valence-corrected chi connectivity index (χ1v) is 2.95. The topological polar surface area (TPSA) is 56.9 Å². The van der Waals surface area contributed by atoms with Gasteiger partial charge in [-0.2, -0.15) is 5.26 Å². The van der Waals surface area contributed by atoms with Crippen molar-refractivity contribution in [2.24, 2.45) is 5.92 Å². The summed E-state index contributed by atoms with van der Waals surface area (Å²) in [6, 6.07) is 2.00. The van der Waals surface area contributed by atoms with Gasteiger partial charge >= 0.3 is 0 Å². The van der Waals surface area contributed by atoms with Gasteiger partial charge in [0, 0.05) is 0 Å². The third kappa shape index (κ3) is 1.20. The Morgan fingerprint density at radius 1 is 1.78 bits per heavy atom. The summed E-state index contributed by atoms with van der Waals surface area (Å²) in [5, 5.41) is 15.5.